The zero-order valence-corrected chi connectivity index (χ0v) is 12.5. The molecule has 0 saturated heterocycles. The smallest absolute Gasteiger partial charge is 0.176 e. The van der Waals surface area contributed by atoms with Crippen LogP contribution in [0.4, 0.5) is 4.39 Å². The van der Waals surface area contributed by atoms with Gasteiger partial charge in [0.05, 0.1) is 12.8 Å². The predicted octanol–water partition coefficient (Wildman–Crippen LogP) is 4.01. The van der Waals surface area contributed by atoms with E-state index in [1.54, 1.807) is 12.3 Å². The number of aliphatic imine (C=N–C) groups is 1. The minimum Gasteiger partial charge on any atom is -0.460 e. The molecule has 0 saturated carbocycles. The van der Waals surface area contributed by atoms with Crippen LogP contribution in [0, 0.1) is 5.82 Å². The molecule has 4 rings (SSSR count). The van der Waals surface area contributed by atoms with Crippen LogP contribution in [0.3, 0.4) is 0 Å². The minimum atomic E-state index is -0.245. The van der Waals surface area contributed by atoms with Crippen LogP contribution in [0.15, 0.2) is 58.1 Å². The average Bonchev–Trinajstić information content (AvgIpc) is 3.15. The Labute approximate surface area is 133 Å². The van der Waals surface area contributed by atoms with Gasteiger partial charge in [-0.25, -0.2) is 4.39 Å². The molecule has 1 aliphatic rings. The van der Waals surface area contributed by atoms with Crippen LogP contribution in [0.1, 0.15) is 5.76 Å². The number of hydrogen-bond acceptors (Lipinski definition) is 3. The monoisotopic (exact) mass is 316 g/mol. The van der Waals surface area contributed by atoms with Gasteiger partial charge in [-0.05, 0) is 23.3 Å². The third kappa shape index (κ3) is 2.35. The Morgan fingerprint density at radius 1 is 1.14 bits per heavy atom. The van der Waals surface area contributed by atoms with E-state index in [2.05, 4.69) is 10.3 Å². The van der Waals surface area contributed by atoms with Crippen LogP contribution in [0.2, 0.25) is 0 Å². The predicted molar refractivity (Wildman–Crippen MR) is 88.3 cm³/mol. The maximum atomic E-state index is 13.5. The number of fused-ring (bicyclic) bond motifs is 1. The molecule has 1 N–H and O–H groups in total. The third-order valence-electron chi connectivity index (χ3n) is 3.65. The van der Waals surface area contributed by atoms with Crippen molar-refractivity contribution in [3.63, 3.8) is 0 Å². The number of hydrogen-bond donors (Lipinski definition) is 1. The molecule has 0 atom stereocenters. The molecule has 2 aromatic carbocycles. The maximum absolute atomic E-state index is 13.5. The summed E-state index contributed by atoms with van der Waals surface area (Å²) in [6, 6.07) is 12.5. The van der Waals surface area contributed by atoms with E-state index in [0.717, 1.165) is 46.6 Å². The molecule has 0 fully saturated rings. The second-order valence-electron chi connectivity index (χ2n) is 5.00. The summed E-state index contributed by atoms with van der Waals surface area (Å²) >= 11 is 0. The van der Waals surface area contributed by atoms with Gasteiger partial charge in [0.25, 0.3) is 0 Å². The summed E-state index contributed by atoms with van der Waals surface area (Å²) in [6.07, 6.45) is 1.72. The van der Waals surface area contributed by atoms with E-state index >= 15 is 0 Å². The largest absolute Gasteiger partial charge is 0.460 e. The number of nitrogens with one attached hydrogen (secondary N) is 1. The summed E-state index contributed by atoms with van der Waals surface area (Å²) in [4.78, 5) is 4.42. The molecule has 3 aromatic rings. The zero-order chi connectivity index (χ0) is 14.2. The molecule has 5 heteroatoms. The van der Waals surface area contributed by atoms with Crippen LogP contribution in [-0.2, 0) is 0 Å². The summed E-state index contributed by atoms with van der Waals surface area (Å²) in [5, 5.41) is 5.18. The van der Waals surface area contributed by atoms with Gasteiger partial charge in [0.1, 0.15) is 5.82 Å². The number of nitrogens with zero attached hydrogens (tertiary/aromatic N) is 1. The Morgan fingerprint density at radius 2 is 2.00 bits per heavy atom. The van der Waals surface area contributed by atoms with Gasteiger partial charge in [-0.2, -0.15) is 0 Å². The summed E-state index contributed by atoms with van der Waals surface area (Å²) in [6.45, 7) is 1.57. The standard InChI is InChI=1S/C17H13FN2O.ClH/c18-13-5-1-3-11(9-13)14-6-2-4-12-10-21-16(15(12)14)17-19-7-8-20-17;/h1-6,9-10H,7-8H2,(H,19,20);1H. The lowest BCUT2D eigenvalue weighted by molar-refractivity contribution is 0.560. The van der Waals surface area contributed by atoms with Crippen LogP contribution < -0.4 is 5.32 Å². The van der Waals surface area contributed by atoms with E-state index in [0.29, 0.717) is 0 Å². The molecule has 112 valence electrons. The van der Waals surface area contributed by atoms with Gasteiger partial charge in [0.15, 0.2) is 11.6 Å². The fraction of sp³-hybridized carbons (Fsp3) is 0.118. The fourth-order valence-electron chi connectivity index (χ4n) is 2.72. The van der Waals surface area contributed by atoms with Gasteiger partial charge in [0.2, 0.25) is 0 Å². The lowest BCUT2D eigenvalue weighted by Crippen LogP contribution is -2.19. The fourth-order valence-corrected chi connectivity index (χ4v) is 2.72. The van der Waals surface area contributed by atoms with Crippen molar-refractivity contribution in [3.05, 3.63) is 60.3 Å². The first-order valence-corrected chi connectivity index (χ1v) is 6.88. The Morgan fingerprint density at radius 3 is 2.77 bits per heavy atom. The van der Waals surface area contributed by atoms with E-state index < -0.39 is 0 Å². The van der Waals surface area contributed by atoms with Crippen LogP contribution in [0.5, 0.6) is 0 Å². The molecule has 0 radical (unpaired) electrons. The molecule has 0 spiro atoms. The topological polar surface area (TPSA) is 37.5 Å². The number of rotatable bonds is 2. The first kappa shape index (κ1) is 14.6. The zero-order valence-electron chi connectivity index (χ0n) is 11.7. The summed E-state index contributed by atoms with van der Waals surface area (Å²) in [7, 11) is 0. The molecule has 1 aromatic heterocycles. The lowest BCUT2D eigenvalue weighted by atomic mass is 9.99. The molecule has 0 unspecified atom stereocenters. The Kier molecular flexibility index (Phi) is 3.86. The van der Waals surface area contributed by atoms with Crippen molar-refractivity contribution in [3.8, 4) is 11.1 Å². The van der Waals surface area contributed by atoms with Crippen molar-refractivity contribution in [2.75, 3.05) is 13.1 Å². The van der Waals surface area contributed by atoms with Crippen molar-refractivity contribution in [1.82, 2.24) is 5.32 Å². The van der Waals surface area contributed by atoms with Gasteiger partial charge in [0, 0.05) is 17.3 Å². The van der Waals surface area contributed by atoms with Gasteiger partial charge < -0.3 is 9.73 Å². The molecule has 1 aliphatic heterocycles. The average molecular weight is 317 g/mol. The Bertz CT molecular complexity index is 857. The van der Waals surface area contributed by atoms with Crippen LogP contribution >= 0.6 is 12.4 Å². The van der Waals surface area contributed by atoms with Crippen molar-refractivity contribution in [2.24, 2.45) is 4.99 Å². The van der Waals surface area contributed by atoms with Crippen molar-refractivity contribution < 1.29 is 8.81 Å². The number of furan rings is 1. The van der Waals surface area contributed by atoms with Gasteiger partial charge in [-0.15, -0.1) is 12.4 Å². The Balaban J connectivity index is 0.00000144. The highest BCUT2D eigenvalue weighted by Gasteiger charge is 2.18. The lowest BCUT2D eigenvalue weighted by Gasteiger charge is -2.06. The summed E-state index contributed by atoms with van der Waals surface area (Å²) < 4.78 is 19.2. The van der Waals surface area contributed by atoms with E-state index in [1.807, 2.05) is 24.3 Å². The molecule has 2 heterocycles. The second kappa shape index (κ2) is 5.81. The second-order valence-corrected chi connectivity index (χ2v) is 5.00. The summed E-state index contributed by atoms with van der Waals surface area (Å²) in [5.74, 6) is 1.25. The van der Waals surface area contributed by atoms with Crippen molar-refractivity contribution >= 4 is 29.0 Å². The molecule has 0 bridgehead atoms. The molecule has 22 heavy (non-hydrogen) atoms. The molecular formula is C17H14ClFN2O. The quantitative estimate of drug-likeness (QED) is 0.775. The molecule has 0 aliphatic carbocycles. The molecule has 0 amide bonds. The SMILES string of the molecule is Cl.Fc1cccc(-c2cccc3coc(C4=NCCN4)c23)c1. The van der Waals surface area contributed by atoms with Crippen molar-refractivity contribution in [1.29, 1.82) is 0 Å². The van der Waals surface area contributed by atoms with E-state index in [-0.39, 0.29) is 18.2 Å². The van der Waals surface area contributed by atoms with Crippen LogP contribution in [-0.4, -0.2) is 18.9 Å². The first-order valence-electron chi connectivity index (χ1n) is 6.88. The Hall–Kier alpha value is -2.33. The maximum Gasteiger partial charge on any atom is 0.176 e. The molecular weight excluding hydrogens is 303 g/mol. The summed E-state index contributed by atoms with van der Waals surface area (Å²) in [5.41, 5.74) is 1.79. The minimum absolute atomic E-state index is 0. The van der Waals surface area contributed by atoms with Gasteiger partial charge in [-0.3, -0.25) is 4.99 Å². The van der Waals surface area contributed by atoms with Crippen molar-refractivity contribution in [2.45, 2.75) is 0 Å². The normalized spacial score (nSPS) is 13.6. The van der Waals surface area contributed by atoms with E-state index in [9.17, 15) is 4.39 Å². The highest BCUT2D eigenvalue weighted by Crippen LogP contribution is 2.33. The first-order chi connectivity index (χ1) is 10.3. The van der Waals surface area contributed by atoms with Gasteiger partial charge in [-0.1, -0.05) is 30.3 Å². The number of benzene rings is 2. The third-order valence-corrected chi connectivity index (χ3v) is 3.65. The van der Waals surface area contributed by atoms with E-state index in [1.165, 1.54) is 12.1 Å². The van der Waals surface area contributed by atoms with Crippen LogP contribution in [0.25, 0.3) is 21.9 Å². The highest BCUT2D eigenvalue weighted by molar-refractivity contribution is 6.12. The number of amidine groups is 1. The van der Waals surface area contributed by atoms with Gasteiger partial charge >= 0.3 is 0 Å². The molecule has 3 nitrogen and oxygen atoms in total. The number of halogens is 2. The highest BCUT2D eigenvalue weighted by atomic mass is 35.5. The van der Waals surface area contributed by atoms with E-state index in [4.69, 9.17) is 4.42 Å².